The minimum atomic E-state index is -0.833. The van der Waals surface area contributed by atoms with Gasteiger partial charge in [0, 0.05) is 6.92 Å². The number of carboxylic acids is 1. The third kappa shape index (κ3) is 7.52. The van der Waals surface area contributed by atoms with Gasteiger partial charge in [0.2, 0.25) is 0 Å². The van der Waals surface area contributed by atoms with Crippen molar-refractivity contribution in [2.45, 2.75) is 25.6 Å². The Balaban J connectivity index is 0.000000364. The average Bonchev–Trinajstić information content (AvgIpc) is 2.08. The van der Waals surface area contributed by atoms with Crippen LogP contribution >= 0.6 is 0 Å². The first kappa shape index (κ1) is 12.9. The van der Waals surface area contributed by atoms with Crippen molar-refractivity contribution in [3.63, 3.8) is 0 Å². The summed E-state index contributed by atoms with van der Waals surface area (Å²) in [4.78, 5) is 9.00. The van der Waals surface area contributed by atoms with Crippen molar-refractivity contribution in [3.8, 4) is 0 Å². The third-order valence-corrected chi connectivity index (χ3v) is 1.43. The maximum absolute atomic E-state index is 9.00. The molecule has 0 aromatic carbocycles. The molecule has 0 unspecified atom stereocenters. The van der Waals surface area contributed by atoms with Crippen LogP contribution in [0.2, 0.25) is 0 Å². The number of hydrogen-bond donors (Lipinski definition) is 2. The van der Waals surface area contributed by atoms with Gasteiger partial charge in [0.1, 0.15) is 0 Å². The Kier molecular flexibility index (Phi) is 6.70. The zero-order valence-electron chi connectivity index (χ0n) is 8.22. The number of rotatable bonds is 2. The lowest BCUT2D eigenvalue weighted by molar-refractivity contribution is -0.134. The molecule has 0 aliphatic carbocycles. The van der Waals surface area contributed by atoms with Gasteiger partial charge in [-0.1, -0.05) is 18.2 Å². The highest BCUT2D eigenvalue weighted by molar-refractivity contribution is 5.62. The molecule has 0 saturated heterocycles. The zero-order chi connectivity index (χ0) is 11.0. The van der Waals surface area contributed by atoms with Crippen molar-refractivity contribution in [2.24, 2.45) is 0 Å². The number of hydrogen-bond acceptors (Lipinski definition) is 3. The standard InChI is InChI=1S/C8H12O2.C2H4O2/c1-2-3-8-5-4-7(9)6-10-8;1-2(3)4/h2,4-5,7-9H,1,3,6H2;1H3,(H,3,4)/t7-,8-;/m1./s1. The molecule has 0 saturated carbocycles. The predicted octanol–water partition coefficient (Wildman–Crippen LogP) is 0.969. The van der Waals surface area contributed by atoms with Crippen LogP contribution in [0.25, 0.3) is 0 Å². The van der Waals surface area contributed by atoms with E-state index in [9.17, 15) is 0 Å². The van der Waals surface area contributed by atoms with Crippen LogP contribution in [0.4, 0.5) is 0 Å². The minimum absolute atomic E-state index is 0.126. The molecule has 14 heavy (non-hydrogen) atoms. The Morgan fingerprint density at radius 1 is 1.71 bits per heavy atom. The van der Waals surface area contributed by atoms with Gasteiger partial charge in [0.25, 0.3) is 5.97 Å². The molecule has 4 nitrogen and oxygen atoms in total. The Labute approximate surface area is 83.5 Å². The van der Waals surface area contributed by atoms with E-state index in [2.05, 4.69) is 6.58 Å². The number of aliphatic carboxylic acids is 1. The fourth-order valence-corrected chi connectivity index (χ4v) is 0.896. The van der Waals surface area contributed by atoms with Gasteiger partial charge in [-0.05, 0) is 6.42 Å². The highest BCUT2D eigenvalue weighted by atomic mass is 16.5. The van der Waals surface area contributed by atoms with E-state index in [0.717, 1.165) is 13.3 Å². The summed E-state index contributed by atoms with van der Waals surface area (Å²) in [6.45, 7) is 5.09. The van der Waals surface area contributed by atoms with Gasteiger partial charge in [-0.25, -0.2) is 0 Å². The van der Waals surface area contributed by atoms with Crippen LogP contribution in [-0.4, -0.2) is 35.0 Å². The van der Waals surface area contributed by atoms with Crippen molar-refractivity contribution >= 4 is 5.97 Å². The molecule has 0 aromatic rings. The lowest BCUT2D eigenvalue weighted by Gasteiger charge is -2.19. The molecule has 1 aliphatic rings. The van der Waals surface area contributed by atoms with E-state index in [-0.39, 0.29) is 6.10 Å². The van der Waals surface area contributed by atoms with Gasteiger partial charge in [0.05, 0.1) is 18.8 Å². The predicted molar refractivity (Wildman–Crippen MR) is 53.0 cm³/mol. The smallest absolute Gasteiger partial charge is 0.300 e. The molecule has 0 spiro atoms. The van der Waals surface area contributed by atoms with Crippen molar-refractivity contribution < 1.29 is 19.7 Å². The molecule has 0 amide bonds. The summed E-state index contributed by atoms with van der Waals surface area (Å²) in [5.41, 5.74) is 0. The number of aliphatic hydroxyl groups is 1. The molecular weight excluding hydrogens is 184 g/mol. The SMILES string of the molecule is C=CC[C@@H]1C=C[C@@H](O)CO1.CC(=O)O. The van der Waals surface area contributed by atoms with E-state index in [0.29, 0.717) is 6.61 Å². The van der Waals surface area contributed by atoms with Crippen molar-refractivity contribution in [1.82, 2.24) is 0 Å². The average molecular weight is 200 g/mol. The summed E-state index contributed by atoms with van der Waals surface area (Å²) < 4.78 is 5.22. The molecule has 1 heterocycles. The monoisotopic (exact) mass is 200 g/mol. The summed E-state index contributed by atoms with van der Waals surface area (Å²) in [5, 5.41) is 16.4. The number of aliphatic hydroxyl groups excluding tert-OH is 1. The second-order valence-corrected chi connectivity index (χ2v) is 2.87. The maximum Gasteiger partial charge on any atom is 0.300 e. The van der Waals surface area contributed by atoms with Crippen LogP contribution in [0.1, 0.15) is 13.3 Å². The molecule has 2 N–H and O–H groups in total. The van der Waals surface area contributed by atoms with E-state index in [1.54, 1.807) is 6.08 Å². The third-order valence-electron chi connectivity index (χ3n) is 1.43. The lowest BCUT2D eigenvalue weighted by atomic mass is 10.1. The first-order valence-electron chi connectivity index (χ1n) is 4.34. The Hall–Kier alpha value is -1.13. The van der Waals surface area contributed by atoms with E-state index in [4.69, 9.17) is 19.7 Å². The molecule has 0 fully saturated rings. The van der Waals surface area contributed by atoms with Gasteiger partial charge >= 0.3 is 0 Å². The molecule has 4 heteroatoms. The number of ether oxygens (including phenoxy) is 1. The molecule has 2 atom stereocenters. The largest absolute Gasteiger partial charge is 0.481 e. The maximum atomic E-state index is 9.00. The van der Waals surface area contributed by atoms with E-state index >= 15 is 0 Å². The fourth-order valence-electron chi connectivity index (χ4n) is 0.896. The molecule has 1 rings (SSSR count). The second-order valence-electron chi connectivity index (χ2n) is 2.87. The molecule has 1 aliphatic heterocycles. The van der Waals surface area contributed by atoms with E-state index < -0.39 is 12.1 Å². The normalized spacial score (nSPS) is 24.7. The summed E-state index contributed by atoms with van der Waals surface area (Å²) in [7, 11) is 0. The molecule has 0 aromatic heterocycles. The topological polar surface area (TPSA) is 66.8 Å². The van der Waals surface area contributed by atoms with E-state index in [1.807, 2.05) is 12.2 Å². The summed E-state index contributed by atoms with van der Waals surface area (Å²) in [5.74, 6) is -0.833. The van der Waals surface area contributed by atoms with Crippen molar-refractivity contribution in [3.05, 3.63) is 24.8 Å². The second kappa shape index (κ2) is 7.29. The Bertz CT molecular complexity index is 206. The highest BCUT2D eigenvalue weighted by Crippen LogP contribution is 2.08. The molecule has 0 radical (unpaired) electrons. The van der Waals surface area contributed by atoms with Crippen molar-refractivity contribution in [2.75, 3.05) is 6.61 Å². The summed E-state index contributed by atoms with van der Waals surface area (Å²) in [6, 6.07) is 0. The van der Waals surface area contributed by atoms with Crippen LogP contribution in [0.5, 0.6) is 0 Å². The van der Waals surface area contributed by atoms with Crippen molar-refractivity contribution in [1.29, 1.82) is 0 Å². The highest BCUT2D eigenvalue weighted by Gasteiger charge is 2.11. The lowest BCUT2D eigenvalue weighted by Crippen LogP contribution is -2.23. The van der Waals surface area contributed by atoms with Gasteiger partial charge in [-0.3, -0.25) is 4.79 Å². The van der Waals surface area contributed by atoms with Crippen LogP contribution in [0.15, 0.2) is 24.8 Å². The van der Waals surface area contributed by atoms with Gasteiger partial charge in [-0.15, -0.1) is 6.58 Å². The molecular formula is C10H16O4. The number of carbonyl (C=O) groups is 1. The van der Waals surface area contributed by atoms with Crippen LogP contribution in [0.3, 0.4) is 0 Å². The van der Waals surface area contributed by atoms with Crippen LogP contribution < -0.4 is 0 Å². The fraction of sp³-hybridized carbons (Fsp3) is 0.500. The minimum Gasteiger partial charge on any atom is -0.481 e. The molecule has 80 valence electrons. The first-order valence-corrected chi connectivity index (χ1v) is 4.34. The number of carboxylic acid groups (broad SMARTS) is 1. The van der Waals surface area contributed by atoms with Gasteiger partial charge in [0.15, 0.2) is 0 Å². The first-order chi connectivity index (χ1) is 6.56. The molecule has 0 bridgehead atoms. The van der Waals surface area contributed by atoms with Gasteiger partial charge < -0.3 is 14.9 Å². The van der Waals surface area contributed by atoms with Crippen LogP contribution in [-0.2, 0) is 9.53 Å². The van der Waals surface area contributed by atoms with Gasteiger partial charge in [-0.2, -0.15) is 0 Å². The quantitative estimate of drug-likeness (QED) is 0.652. The Morgan fingerprint density at radius 3 is 2.64 bits per heavy atom. The van der Waals surface area contributed by atoms with Crippen LogP contribution in [0, 0.1) is 0 Å². The Morgan fingerprint density at radius 2 is 2.29 bits per heavy atom. The zero-order valence-corrected chi connectivity index (χ0v) is 8.22. The summed E-state index contributed by atoms with van der Waals surface area (Å²) >= 11 is 0. The van der Waals surface area contributed by atoms with E-state index in [1.165, 1.54) is 0 Å². The summed E-state index contributed by atoms with van der Waals surface area (Å²) in [6.07, 6.45) is 5.98.